The minimum absolute atomic E-state index is 0.0203. The van der Waals surface area contributed by atoms with Crippen LogP contribution in [0.25, 0.3) is 11.3 Å². The van der Waals surface area contributed by atoms with E-state index in [1.807, 2.05) is 30.5 Å². The third-order valence-corrected chi connectivity index (χ3v) is 4.06. The maximum absolute atomic E-state index is 11.8. The molecule has 1 aromatic heterocycles. The van der Waals surface area contributed by atoms with Crippen LogP contribution in [0, 0.1) is 0 Å². The van der Waals surface area contributed by atoms with Gasteiger partial charge in [0.1, 0.15) is 0 Å². The van der Waals surface area contributed by atoms with E-state index in [0.29, 0.717) is 31.1 Å². The molecule has 2 aromatic rings. The maximum Gasteiger partial charge on any atom is 0.182 e. The molecule has 0 saturated carbocycles. The molecule has 122 valence electrons. The maximum atomic E-state index is 11.8. The second-order valence-corrected chi connectivity index (χ2v) is 5.52. The van der Waals surface area contributed by atoms with E-state index in [4.69, 9.17) is 9.47 Å². The highest BCUT2D eigenvalue weighted by Gasteiger charge is 2.25. The molecule has 2 heterocycles. The number of pyridine rings is 1. The highest BCUT2D eigenvalue weighted by atomic mass is 16.5. The summed E-state index contributed by atoms with van der Waals surface area (Å²) in [7, 11) is 0. The fraction of sp³-hybridized carbons (Fsp3) is 0.389. The van der Waals surface area contributed by atoms with Crippen molar-refractivity contribution in [2.45, 2.75) is 26.3 Å². The largest absolute Gasteiger partial charge is 0.490 e. The van der Waals surface area contributed by atoms with E-state index in [2.05, 4.69) is 0 Å². The number of aliphatic hydroxyl groups is 1. The van der Waals surface area contributed by atoms with E-state index in [0.717, 1.165) is 16.8 Å². The van der Waals surface area contributed by atoms with E-state index in [-0.39, 0.29) is 18.1 Å². The molecule has 0 saturated heterocycles. The van der Waals surface area contributed by atoms with Crippen molar-refractivity contribution in [3.05, 3.63) is 46.2 Å². The summed E-state index contributed by atoms with van der Waals surface area (Å²) < 4.78 is 13.3. The zero-order valence-electron chi connectivity index (χ0n) is 13.4. The lowest BCUT2D eigenvalue weighted by molar-refractivity contribution is 0.225. The molecule has 0 amide bonds. The standard InChI is InChI=1S/C18H21NO4/c1-3-22-17-8-12-7-13(11-20)19-6-5-14(21)9-16(19)15(12)10-18(17)23-4-2/h5-6,8-10,13,20H,3-4,7,11H2,1-2H3. The molecule has 1 aromatic carbocycles. The van der Waals surface area contributed by atoms with E-state index >= 15 is 0 Å². The molecular formula is C18H21NO4. The molecule has 1 atom stereocenters. The van der Waals surface area contributed by atoms with Gasteiger partial charge in [-0.2, -0.15) is 0 Å². The summed E-state index contributed by atoms with van der Waals surface area (Å²) in [6.07, 6.45) is 2.44. The lowest BCUT2D eigenvalue weighted by Crippen LogP contribution is -2.24. The van der Waals surface area contributed by atoms with Gasteiger partial charge in [-0.15, -0.1) is 0 Å². The summed E-state index contributed by atoms with van der Waals surface area (Å²) >= 11 is 0. The number of hydrogen-bond donors (Lipinski definition) is 1. The molecule has 1 unspecified atom stereocenters. The second kappa shape index (κ2) is 6.46. The Hall–Kier alpha value is -2.27. The Morgan fingerprint density at radius 2 is 1.87 bits per heavy atom. The van der Waals surface area contributed by atoms with E-state index in [9.17, 15) is 9.90 Å². The van der Waals surface area contributed by atoms with Crippen molar-refractivity contribution >= 4 is 0 Å². The van der Waals surface area contributed by atoms with Crippen molar-refractivity contribution in [1.29, 1.82) is 0 Å². The highest BCUT2D eigenvalue weighted by molar-refractivity contribution is 5.70. The van der Waals surface area contributed by atoms with Crippen LogP contribution in [0.5, 0.6) is 11.5 Å². The fourth-order valence-corrected chi connectivity index (χ4v) is 3.08. The fourth-order valence-electron chi connectivity index (χ4n) is 3.08. The van der Waals surface area contributed by atoms with Gasteiger partial charge in [0.15, 0.2) is 16.9 Å². The number of aromatic nitrogens is 1. The normalized spacial score (nSPS) is 15.7. The van der Waals surface area contributed by atoms with Gasteiger partial charge in [0.05, 0.1) is 31.6 Å². The number of benzene rings is 1. The molecule has 1 aliphatic heterocycles. The lowest BCUT2D eigenvalue weighted by Gasteiger charge is -2.30. The molecular weight excluding hydrogens is 294 g/mol. The number of hydrogen-bond acceptors (Lipinski definition) is 4. The minimum Gasteiger partial charge on any atom is -0.490 e. The molecule has 5 nitrogen and oxygen atoms in total. The summed E-state index contributed by atoms with van der Waals surface area (Å²) in [6.45, 7) is 4.97. The van der Waals surface area contributed by atoms with Gasteiger partial charge in [-0.25, -0.2) is 0 Å². The van der Waals surface area contributed by atoms with Crippen LogP contribution >= 0.6 is 0 Å². The zero-order chi connectivity index (χ0) is 16.4. The Morgan fingerprint density at radius 3 is 2.52 bits per heavy atom. The van der Waals surface area contributed by atoms with Crippen molar-refractivity contribution < 1.29 is 14.6 Å². The van der Waals surface area contributed by atoms with Crippen LogP contribution in [0.3, 0.4) is 0 Å². The molecule has 0 aliphatic carbocycles. The zero-order valence-corrected chi connectivity index (χ0v) is 13.4. The molecule has 5 heteroatoms. The van der Waals surface area contributed by atoms with E-state index in [1.54, 1.807) is 12.3 Å². The van der Waals surface area contributed by atoms with Crippen molar-refractivity contribution in [1.82, 2.24) is 4.57 Å². The summed E-state index contributed by atoms with van der Waals surface area (Å²) in [5, 5.41) is 9.69. The smallest absolute Gasteiger partial charge is 0.182 e. The first kappa shape index (κ1) is 15.6. The Morgan fingerprint density at radius 1 is 1.17 bits per heavy atom. The van der Waals surface area contributed by atoms with Crippen LogP contribution in [-0.4, -0.2) is 29.5 Å². The molecule has 0 radical (unpaired) electrons. The van der Waals surface area contributed by atoms with Gasteiger partial charge in [-0.05, 0) is 38.0 Å². The van der Waals surface area contributed by atoms with Crippen LogP contribution in [-0.2, 0) is 6.42 Å². The van der Waals surface area contributed by atoms with Gasteiger partial charge in [0, 0.05) is 23.9 Å². The Labute approximate surface area is 135 Å². The first-order chi connectivity index (χ1) is 11.2. The van der Waals surface area contributed by atoms with Crippen LogP contribution in [0.15, 0.2) is 35.3 Å². The Bertz CT molecular complexity index is 766. The summed E-state index contributed by atoms with van der Waals surface area (Å²) in [5.41, 5.74) is 2.77. The predicted molar refractivity (Wildman–Crippen MR) is 88.3 cm³/mol. The first-order valence-corrected chi connectivity index (χ1v) is 7.93. The van der Waals surface area contributed by atoms with Gasteiger partial charge in [-0.1, -0.05) is 0 Å². The molecule has 0 bridgehead atoms. The third-order valence-electron chi connectivity index (χ3n) is 4.06. The monoisotopic (exact) mass is 315 g/mol. The number of rotatable bonds is 5. The Balaban J connectivity index is 2.20. The molecule has 0 fully saturated rings. The van der Waals surface area contributed by atoms with E-state index in [1.165, 1.54) is 6.07 Å². The highest BCUT2D eigenvalue weighted by Crippen LogP contribution is 2.40. The SMILES string of the molecule is CCOc1cc2c(cc1OCC)-c1cc(=O)ccn1C(CO)C2. The average molecular weight is 315 g/mol. The number of ether oxygens (including phenoxy) is 2. The van der Waals surface area contributed by atoms with Crippen LogP contribution in [0.2, 0.25) is 0 Å². The van der Waals surface area contributed by atoms with Crippen molar-refractivity contribution in [2.75, 3.05) is 19.8 Å². The molecule has 3 rings (SSSR count). The molecule has 23 heavy (non-hydrogen) atoms. The van der Waals surface area contributed by atoms with E-state index < -0.39 is 0 Å². The van der Waals surface area contributed by atoms with Crippen molar-refractivity contribution in [3.63, 3.8) is 0 Å². The van der Waals surface area contributed by atoms with Crippen LogP contribution < -0.4 is 14.9 Å². The molecule has 0 spiro atoms. The van der Waals surface area contributed by atoms with Gasteiger partial charge < -0.3 is 19.1 Å². The van der Waals surface area contributed by atoms with Gasteiger partial charge in [0.25, 0.3) is 0 Å². The van der Waals surface area contributed by atoms with Gasteiger partial charge in [-0.3, -0.25) is 4.79 Å². The van der Waals surface area contributed by atoms with Crippen molar-refractivity contribution in [2.24, 2.45) is 0 Å². The summed E-state index contributed by atoms with van der Waals surface area (Å²) in [5.74, 6) is 1.38. The topological polar surface area (TPSA) is 60.7 Å². The van der Waals surface area contributed by atoms with Gasteiger partial charge in [0.2, 0.25) is 0 Å². The Kier molecular flexibility index (Phi) is 4.39. The minimum atomic E-state index is -0.0782. The third kappa shape index (κ3) is 2.84. The number of fused-ring (bicyclic) bond motifs is 3. The van der Waals surface area contributed by atoms with Crippen molar-refractivity contribution in [3.8, 4) is 22.8 Å². The lowest BCUT2D eigenvalue weighted by atomic mass is 9.92. The predicted octanol–water partition coefficient (Wildman–Crippen LogP) is 2.40. The summed E-state index contributed by atoms with van der Waals surface area (Å²) in [4.78, 5) is 11.8. The number of aliphatic hydroxyl groups excluding tert-OH is 1. The second-order valence-electron chi connectivity index (χ2n) is 5.52. The first-order valence-electron chi connectivity index (χ1n) is 7.93. The average Bonchev–Trinajstić information content (AvgIpc) is 2.55. The molecule has 1 N–H and O–H groups in total. The quantitative estimate of drug-likeness (QED) is 0.920. The summed E-state index contributed by atoms with van der Waals surface area (Å²) in [6, 6.07) is 6.95. The van der Waals surface area contributed by atoms with Crippen LogP contribution in [0.4, 0.5) is 0 Å². The van der Waals surface area contributed by atoms with Gasteiger partial charge >= 0.3 is 0 Å². The number of nitrogens with zero attached hydrogens (tertiary/aromatic N) is 1. The van der Waals surface area contributed by atoms with Crippen LogP contribution in [0.1, 0.15) is 25.5 Å². The molecule has 1 aliphatic rings.